The lowest BCUT2D eigenvalue weighted by Crippen LogP contribution is -2.32. The number of allylic oxidation sites excluding steroid dienone is 2. The standard InChI is InChI=1S/C7H8O/c8-7-4-5-2-1-3-6(5)7/h1-2,5-6H,3-4H2/t5-,6+/m0/s1. The number of hydrogen-bond donors (Lipinski definition) is 0. The van der Waals surface area contributed by atoms with E-state index in [2.05, 4.69) is 12.2 Å². The molecular weight excluding hydrogens is 100 g/mol. The molecule has 0 bridgehead atoms. The summed E-state index contributed by atoms with van der Waals surface area (Å²) in [5.74, 6) is 1.53. The molecular formula is C7H8O. The van der Waals surface area contributed by atoms with Gasteiger partial charge in [-0.05, 0) is 12.3 Å². The van der Waals surface area contributed by atoms with E-state index in [1.165, 1.54) is 0 Å². The summed E-state index contributed by atoms with van der Waals surface area (Å²) in [5, 5.41) is 0. The molecule has 0 aromatic heterocycles. The summed E-state index contributed by atoms with van der Waals surface area (Å²) in [7, 11) is 0. The molecule has 2 rings (SSSR count). The largest absolute Gasteiger partial charge is 0.299 e. The zero-order chi connectivity index (χ0) is 5.56. The number of fused-ring (bicyclic) bond motifs is 1. The third-order valence-corrected chi connectivity index (χ3v) is 2.14. The van der Waals surface area contributed by atoms with Gasteiger partial charge in [-0.3, -0.25) is 4.79 Å². The van der Waals surface area contributed by atoms with E-state index in [0.29, 0.717) is 17.6 Å². The van der Waals surface area contributed by atoms with Crippen LogP contribution in [0.2, 0.25) is 0 Å². The van der Waals surface area contributed by atoms with Crippen molar-refractivity contribution in [1.82, 2.24) is 0 Å². The first-order valence-electron chi connectivity index (χ1n) is 3.07. The van der Waals surface area contributed by atoms with Crippen LogP contribution in [0.15, 0.2) is 12.2 Å². The van der Waals surface area contributed by atoms with Crippen LogP contribution in [0.1, 0.15) is 12.8 Å². The number of carbonyl (C=O) groups is 1. The van der Waals surface area contributed by atoms with Gasteiger partial charge in [0.1, 0.15) is 5.78 Å². The number of ketones is 1. The topological polar surface area (TPSA) is 17.1 Å². The average molecular weight is 108 g/mol. The van der Waals surface area contributed by atoms with E-state index in [4.69, 9.17) is 0 Å². The fraction of sp³-hybridized carbons (Fsp3) is 0.571. The van der Waals surface area contributed by atoms with Crippen LogP contribution >= 0.6 is 0 Å². The van der Waals surface area contributed by atoms with Crippen LogP contribution < -0.4 is 0 Å². The van der Waals surface area contributed by atoms with Crippen molar-refractivity contribution in [2.45, 2.75) is 12.8 Å². The van der Waals surface area contributed by atoms with E-state index < -0.39 is 0 Å². The second-order valence-electron chi connectivity index (χ2n) is 2.60. The van der Waals surface area contributed by atoms with E-state index >= 15 is 0 Å². The van der Waals surface area contributed by atoms with Crippen molar-refractivity contribution in [3.63, 3.8) is 0 Å². The first kappa shape index (κ1) is 4.30. The van der Waals surface area contributed by atoms with Crippen molar-refractivity contribution in [3.05, 3.63) is 12.2 Å². The second kappa shape index (κ2) is 1.22. The molecule has 1 nitrogen and oxygen atoms in total. The Labute approximate surface area is 48.4 Å². The van der Waals surface area contributed by atoms with E-state index in [1.54, 1.807) is 0 Å². The molecule has 0 radical (unpaired) electrons. The van der Waals surface area contributed by atoms with Gasteiger partial charge in [0.15, 0.2) is 0 Å². The first-order valence-corrected chi connectivity index (χ1v) is 3.07. The molecule has 0 saturated heterocycles. The quantitative estimate of drug-likeness (QED) is 0.425. The van der Waals surface area contributed by atoms with Gasteiger partial charge in [-0.15, -0.1) is 0 Å². The SMILES string of the molecule is O=C1C[C@@H]2C=CC[C@@H]12. The molecule has 0 aromatic carbocycles. The number of rotatable bonds is 0. The highest BCUT2D eigenvalue weighted by molar-refractivity contribution is 5.88. The van der Waals surface area contributed by atoms with Crippen molar-refractivity contribution in [2.75, 3.05) is 0 Å². The first-order chi connectivity index (χ1) is 3.88. The lowest BCUT2D eigenvalue weighted by Gasteiger charge is -2.27. The highest BCUT2D eigenvalue weighted by Gasteiger charge is 2.39. The minimum Gasteiger partial charge on any atom is -0.299 e. The van der Waals surface area contributed by atoms with Gasteiger partial charge in [0.2, 0.25) is 0 Å². The maximum absolute atomic E-state index is 10.7. The molecule has 0 N–H and O–H groups in total. The summed E-state index contributed by atoms with van der Waals surface area (Å²) < 4.78 is 0. The molecule has 2 atom stereocenters. The predicted molar refractivity (Wildman–Crippen MR) is 30.4 cm³/mol. The molecule has 0 unspecified atom stereocenters. The summed E-state index contributed by atoms with van der Waals surface area (Å²) in [6.07, 6.45) is 6.14. The zero-order valence-corrected chi connectivity index (χ0v) is 4.63. The molecule has 2 aliphatic carbocycles. The van der Waals surface area contributed by atoms with E-state index in [-0.39, 0.29) is 0 Å². The molecule has 1 saturated carbocycles. The maximum atomic E-state index is 10.7. The monoisotopic (exact) mass is 108 g/mol. The van der Waals surface area contributed by atoms with Crippen molar-refractivity contribution in [3.8, 4) is 0 Å². The fourth-order valence-electron chi connectivity index (χ4n) is 1.51. The third kappa shape index (κ3) is 0.347. The van der Waals surface area contributed by atoms with Crippen molar-refractivity contribution in [2.24, 2.45) is 11.8 Å². The highest BCUT2D eigenvalue weighted by Crippen LogP contribution is 2.38. The van der Waals surface area contributed by atoms with Gasteiger partial charge < -0.3 is 0 Å². The van der Waals surface area contributed by atoms with Crippen molar-refractivity contribution < 1.29 is 4.79 Å². The van der Waals surface area contributed by atoms with Gasteiger partial charge in [0, 0.05) is 12.3 Å². The Morgan fingerprint density at radius 2 is 2.50 bits per heavy atom. The molecule has 0 heterocycles. The van der Waals surface area contributed by atoms with Crippen molar-refractivity contribution >= 4 is 5.78 Å². The molecule has 0 aliphatic heterocycles. The van der Waals surface area contributed by atoms with Crippen LogP contribution in [0.25, 0.3) is 0 Å². The van der Waals surface area contributed by atoms with Crippen LogP contribution in [0.3, 0.4) is 0 Å². The Kier molecular flexibility index (Phi) is 0.655. The Balaban J connectivity index is 2.19. The summed E-state index contributed by atoms with van der Waals surface area (Å²) >= 11 is 0. The number of carbonyl (C=O) groups excluding carboxylic acids is 1. The van der Waals surface area contributed by atoms with Gasteiger partial charge in [-0.2, -0.15) is 0 Å². The summed E-state index contributed by atoms with van der Waals surface area (Å²) in [4.78, 5) is 10.7. The van der Waals surface area contributed by atoms with Gasteiger partial charge in [-0.1, -0.05) is 12.2 Å². The van der Waals surface area contributed by atoms with Crippen LogP contribution in [0.4, 0.5) is 0 Å². The zero-order valence-electron chi connectivity index (χ0n) is 4.63. The predicted octanol–water partition coefficient (Wildman–Crippen LogP) is 1.15. The molecule has 1 fully saturated rings. The Bertz CT molecular complexity index is 158. The molecule has 42 valence electrons. The minimum atomic E-state index is 0.412. The van der Waals surface area contributed by atoms with Crippen LogP contribution in [0, 0.1) is 11.8 Å². The van der Waals surface area contributed by atoms with E-state index in [1.807, 2.05) is 0 Å². The molecule has 0 spiro atoms. The fourth-order valence-corrected chi connectivity index (χ4v) is 1.51. The minimum absolute atomic E-state index is 0.412. The van der Waals surface area contributed by atoms with Gasteiger partial charge in [0.25, 0.3) is 0 Å². The summed E-state index contributed by atoms with van der Waals surface area (Å²) in [6, 6.07) is 0. The smallest absolute Gasteiger partial charge is 0.137 e. The van der Waals surface area contributed by atoms with Gasteiger partial charge in [0.05, 0.1) is 0 Å². The lowest BCUT2D eigenvalue weighted by molar-refractivity contribution is -0.131. The van der Waals surface area contributed by atoms with Gasteiger partial charge >= 0.3 is 0 Å². The lowest BCUT2D eigenvalue weighted by atomic mass is 9.75. The highest BCUT2D eigenvalue weighted by atomic mass is 16.1. The van der Waals surface area contributed by atoms with E-state index in [0.717, 1.165) is 12.8 Å². The molecule has 0 aromatic rings. The third-order valence-electron chi connectivity index (χ3n) is 2.14. The molecule has 2 aliphatic rings. The van der Waals surface area contributed by atoms with Crippen LogP contribution in [-0.2, 0) is 4.79 Å². The maximum Gasteiger partial charge on any atom is 0.137 e. The van der Waals surface area contributed by atoms with Crippen LogP contribution in [0.5, 0.6) is 0 Å². The molecule has 8 heavy (non-hydrogen) atoms. The van der Waals surface area contributed by atoms with Crippen LogP contribution in [-0.4, -0.2) is 5.78 Å². The summed E-state index contributed by atoms with van der Waals surface area (Å²) in [5.41, 5.74) is 0. The summed E-state index contributed by atoms with van der Waals surface area (Å²) in [6.45, 7) is 0. The number of hydrogen-bond acceptors (Lipinski definition) is 1. The Hall–Kier alpha value is -0.590. The molecule has 1 heteroatoms. The molecule has 0 amide bonds. The average Bonchev–Trinajstić information content (AvgIpc) is 2.09. The normalized spacial score (nSPS) is 41.8. The van der Waals surface area contributed by atoms with Gasteiger partial charge in [-0.25, -0.2) is 0 Å². The Morgan fingerprint density at radius 3 is 3.00 bits per heavy atom. The van der Waals surface area contributed by atoms with Crippen molar-refractivity contribution in [1.29, 1.82) is 0 Å². The van der Waals surface area contributed by atoms with E-state index in [9.17, 15) is 4.79 Å². The Morgan fingerprint density at radius 1 is 1.62 bits per heavy atom. The second-order valence-corrected chi connectivity index (χ2v) is 2.60. The number of Topliss-reactive ketones (excluding diaryl/α,β-unsaturated/α-hetero) is 1.